The average molecular weight is 500 g/mol. The molecule has 0 saturated heterocycles. The summed E-state index contributed by atoms with van der Waals surface area (Å²) in [4.78, 5) is 16.7. The van der Waals surface area contributed by atoms with Gasteiger partial charge in [0.15, 0.2) is 5.82 Å². The maximum atomic E-state index is 13.3. The molecule has 11 heteroatoms. The molecule has 7 nitrogen and oxygen atoms in total. The SMILES string of the molecule is COCCOc1nc(-c2cccc(C(F)(F)F)c2)n(-c2ccc(NC(=O)c3ccc(F)cc3)cc2)n1. The van der Waals surface area contributed by atoms with E-state index in [0.29, 0.717) is 11.4 Å². The van der Waals surface area contributed by atoms with Crippen molar-refractivity contribution in [3.05, 3.63) is 89.7 Å². The van der Waals surface area contributed by atoms with Gasteiger partial charge in [0.05, 0.1) is 17.9 Å². The van der Waals surface area contributed by atoms with Crippen molar-refractivity contribution >= 4 is 11.6 Å². The van der Waals surface area contributed by atoms with E-state index in [1.807, 2.05) is 0 Å². The fraction of sp³-hybridized carbons (Fsp3) is 0.160. The van der Waals surface area contributed by atoms with E-state index in [1.54, 1.807) is 24.3 Å². The summed E-state index contributed by atoms with van der Waals surface area (Å²) in [6.45, 7) is 0.423. The van der Waals surface area contributed by atoms with Crippen LogP contribution in [0.3, 0.4) is 0 Å². The van der Waals surface area contributed by atoms with Crippen LogP contribution in [0.2, 0.25) is 0 Å². The quantitative estimate of drug-likeness (QED) is 0.260. The van der Waals surface area contributed by atoms with Crippen LogP contribution in [0.15, 0.2) is 72.8 Å². The number of carbonyl (C=O) groups is 1. The Balaban J connectivity index is 1.63. The van der Waals surface area contributed by atoms with E-state index in [4.69, 9.17) is 9.47 Å². The number of hydrogen-bond acceptors (Lipinski definition) is 5. The van der Waals surface area contributed by atoms with E-state index in [9.17, 15) is 22.4 Å². The summed E-state index contributed by atoms with van der Waals surface area (Å²) in [5.41, 5.74) is 0.561. The lowest BCUT2D eigenvalue weighted by Crippen LogP contribution is -2.12. The molecule has 0 unspecified atom stereocenters. The molecule has 0 aliphatic rings. The van der Waals surface area contributed by atoms with Gasteiger partial charge in [0.2, 0.25) is 0 Å². The van der Waals surface area contributed by atoms with E-state index in [0.717, 1.165) is 12.1 Å². The third kappa shape index (κ3) is 5.87. The number of aromatic nitrogens is 3. The first-order valence-electron chi connectivity index (χ1n) is 10.7. The number of benzene rings is 3. The normalized spacial score (nSPS) is 11.4. The van der Waals surface area contributed by atoms with Crippen LogP contribution in [0.5, 0.6) is 6.01 Å². The number of hydrogen-bond donors (Lipinski definition) is 1. The highest BCUT2D eigenvalue weighted by Gasteiger charge is 2.31. The Labute approximate surface area is 203 Å². The first-order valence-corrected chi connectivity index (χ1v) is 10.7. The zero-order valence-electron chi connectivity index (χ0n) is 18.9. The Bertz CT molecular complexity index is 1340. The van der Waals surface area contributed by atoms with Crippen molar-refractivity contribution in [3.63, 3.8) is 0 Å². The zero-order valence-corrected chi connectivity index (χ0v) is 18.9. The molecule has 0 radical (unpaired) electrons. The van der Waals surface area contributed by atoms with Crippen molar-refractivity contribution < 1.29 is 31.8 Å². The van der Waals surface area contributed by atoms with Crippen molar-refractivity contribution in [1.82, 2.24) is 14.8 Å². The zero-order chi connectivity index (χ0) is 25.7. The van der Waals surface area contributed by atoms with Gasteiger partial charge in [0, 0.05) is 23.9 Å². The fourth-order valence-corrected chi connectivity index (χ4v) is 3.26. The number of methoxy groups -OCH3 is 1. The minimum absolute atomic E-state index is 0.0341. The Morgan fingerprint density at radius 2 is 1.72 bits per heavy atom. The van der Waals surface area contributed by atoms with Gasteiger partial charge >= 0.3 is 12.2 Å². The highest BCUT2D eigenvalue weighted by molar-refractivity contribution is 6.04. The molecule has 1 N–H and O–H groups in total. The maximum absolute atomic E-state index is 13.3. The van der Waals surface area contributed by atoms with E-state index >= 15 is 0 Å². The highest BCUT2D eigenvalue weighted by atomic mass is 19.4. The van der Waals surface area contributed by atoms with E-state index < -0.39 is 23.5 Å². The first-order chi connectivity index (χ1) is 17.2. The van der Waals surface area contributed by atoms with Gasteiger partial charge in [0.1, 0.15) is 12.4 Å². The topological polar surface area (TPSA) is 78.3 Å². The van der Waals surface area contributed by atoms with Crippen molar-refractivity contribution in [1.29, 1.82) is 0 Å². The van der Waals surface area contributed by atoms with Crippen LogP contribution in [0.4, 0.5) is 23.2 Å². The number of halogens is 4. The van der Waals surface area contributed by atoms with Gasteiger partial charge in [-0.15, -0.1) is 5.10 Å². The van der Waals surface area contributed by atoms with Gasteiger partial charge in [-0.05, 0) is 60.7 Å². The number of ether oxygens (including phenoxy) is 2. The fourth-order valence-electron chi connectivity index (χ4n) is 3.26. The molecular weight excluding hydrogens is 480 g/mol. The Morgan fingerprint density at radius 1 is 1.00 bits per heavy atom. The molecule has 36 heavy (non-hydrogen) atoms. The molecule has 0 fully saturated rings. The minimum atomic E-state index is -4.52. The lowest BCUT2D eigenvalue weighted by Gasteiger charge is -2.10. The van der Waals surface area contributed by atoms with Crippen LogP contribution in [0.25, 0.3) is 17.1 Å². The lowest BCUT2D eigenvalue weighted by atomic mass is 10.1. The average Bonchev–Trinajstić information content (AvgIpc) is 3.29. The van der Waals surface area contributed by atoms with Crippen LogP contribution in [-0.4, -0.2) is 41.0 Å². The van der Waals surface area contributed by atoms with Crippen LogP contribution in [-0.2, 0) is 10.9 Å². The molecule has 0 spiro atoms. The van der Waals surface area contributed by atoms with Gasteiger partial charge in [-0.1, -0.05) is 12.1 Å². The smallest absolute Gasteiger partial charge is 0.416 e. The number of nitrogens with one attached hydrogen (secondary N) is 1. The number of amides is 1. The molecule has 0 aliphatic heterocycles. The molecular formula is C25H20F4N4O3. The third-order valence-corrected chi connectivity index (χ3v) is 5.03. The summed E-state index contributed by atoms with van der Waals surface area (Å²) >= 11 is 0. The van der Waals surface area contributed by atoms with Gasteiger partial charge in [-0.25, -0.2) is 9.07 Å². The Morgan fingerprint density at radius 3 is 2.39 bits per heavy atom. The molecule has 186 valence electrons. The third-order valence-electron chi connectivity index (χ3n) is 5.03. The summed E-state index contributed by atoms with van der Waals surface area (Å²) in [5.74, 6) is -0.746. The van der Waals surface area contributed by atoms with Gasteiger partial charge < -0.3 is 14.8 Å². The molecule has 4 rings (SSSR count). The van der Waals surface area contributed by atoms with Crippen LogP contribution in [0, 0.1) is 5.82 Å². The molecule has 1 amide bonds. The van der Waals surface area contributed by atoms with E-state index in [-0.39, 0.29) is 36.2 Å². The molecule has 3 aromatic carbocycles. The number of anilines is 1. The summed E-state index contributed by atoms with van der Waals surface area (Å²) < 4.78 is 64.7. The summed E-state index contributed by atoms with van der Waals surface area (Å²) in [7, 11) is 1.50. The molecule has 0 saturated carbocycles. The Kier molecular flexibility index (Phi) is 7.30. The second-order valence-electron chi connectivity index (χ2n) is 7.56. The summed E-state index contributed by atoms with van der Waals surface area (Å²) in [6.07, 6.45) is -4.52. The lowest BCUT2D eigenvalue weighted by molar-refractivity contribution is -0.137. The number of nitrogens with zero attached hydrogens (tertiary/aromatic N) is 3. The number of carbonyl (C=O) groups excluding carboxylic acids is 1. The molecule has 0 aliphatic carbocycles. The second kappa shape index (κ2) is 10.6. The van der Waals surface area contributed by atoms with Crippen molar-refractivity contribution in [3.8, 4) is 23.1 Å². The number of alkyl halides is 3. The van der Waals surface area contributed by atoms with Crippen LogP contribution >= 0.6 is 0 Å². The Hall–Kier alpha value is -4.25. The molecule has 0 atom stereocenters. The predicted molar refractivity (Wildman–Crippen MR) is 124 cm³/mol. The predicted octanol–water partition coefficient (Wildman–Crippen LogP) is 5.37. The summed E-state index contributed by atoms with van der Waals surface area (Å²) in [6, 6.07) is 16.2. The van der Waals surface area contributed by atoms with Crippen molar-refractivity contribution in [2.45, 2.75) is 6.18 Å². The van der Waals surface area contributed by atoms with Crippen LogP contribution in [0.1, 0.15) is 15.9 Å². The monoisotopic (exact) mass is 500 g/mol. The molecule has 0 bridgehead atoms. The standard InChI is InChI=1S/C25H20F4N4O3/c1-35-13-14-36-24-31-22(17-3-2-4-18(15-17)25(27,28)29)33(32-24)21-11-9-20(10-12-21)30-23(34)16-5-7-19(26)8-6-16/h2-12,15H,13-14H2,1H3,(H,30,34). The van der Waals surface area contributed by atoms with Crippen LogP contribution < -0.4 is 10.1 Å². The second-order valence-corrected chi connectivity index (χ2v) is 7.56. The molecule has 4 aromatic rings. The molecule has 1 aromatic heterocycles. The molecule has 1 heterocycles. The van der Waals surface area contributed by atoms with Crippen molar-refractivity contribution in [2.24, 2.45) is 0 Å². The largest absolute Gasteiger partial charge is 0.460 e. The first kappa shape index (κ1) is 24.9. The van der Waals surface area contributed by atoms with E-state index in [1.165, 1.54) is 48.2 Å². The summed E-state index contributed by atoms with van der Waals surface area (Å²) in [5, 5.41) is 6.99. The van der Waals surface area contributed by atoms with Gasteiger partial charge in [-0.3, -0.25) is 4.79 Å². The number of rotatable bonds is 8. The highest BCUT2D eigenvalue weighted by Crippen LogP contribution is 2.33. The maximum Gasteiger partial charge on any atom is 0.416 e. The van der Waals surface area contributed by atoms with Gasteiger partial charge in [-0.2, -0.15) is 18.2 Å². The van der Waals surface area contributed by atoms with Crippen molar-refractivity contribution in [2.75, 3.05) is 25.6 Å². The van der Waals surface area contributed by atoms with E-state index in [2.05, 4.69) is 15.4 Å². The minimum Gasteiger partial charge on any atom is -0.460 e. The van der Waals surface area contributed by atoms with Gasteiger partial charge in [0.25, 0.3) is 5.91 Å².